The molecule has 0 saturated heterocycles. The average Bonchev–Trinajstić information content (AvgIpc) is 2.27. The number of aryl methyl sites for hydroxylation is 1. The summed E-state index contributed by atoms with van der Waals surface area (Å²) in [5.41, 5.74) is 3.48. The molecule has 1 aromatic rings. The smallest absolute Gasteiger partial charge is 0.0682 e. The first kappa shape index (κ1) is 14.0. The van der Waals surface area contributed by atoms with Gasteiger partial charge in [0.2, 0.25) is 0 Å². The van der Waals surface area contributed by atoms with E-state index < -0.39 is 0 Å². The van der Waals surface area contributed by atoms with E-state index in [-0.39, 0.29) is 12.1 Å². The van der Waals surface area contributed by atoms with Crippen molar-refractivity contribution < 1.29 is 5.11 Å². The van der Waals surface area contributed by atoms with Crippen LogP contribution in [0.25, 0.3) is 0 Å². The van der Waals surface area contributed by atoms with E-state index in [4.69, 9.17) is 0 Å². The molecule has 96 valence electrons. The van der Waals surface area contributed by atoms with Gasteiger partial charge in [0, 0.05) is 11.2 Å². The molecule has 2 nitrogen and oxygen atoms in total. The number of anilines is 1. The van der Waals surface area contributed by atoms with Gasteiger partial charge in [0.1, 0.15) is 0 Å². The van der Waals surface area contributed by atoms with Gasteiger partial charge in [-0.3, -0.25) is 0 Å². The summed E-state index contributed by atoms with van der Waals surface area (Å²) >= 11 is 0. The minimum Gasteiger partial charge on any atom is -0.392 e. The molecule has 1 aromatic carbocycles. The minimum atomic E-state index is 0.105. The van der Waals surface area contributed by atoms with Crippen LogP contribution in [0.4, 0.5) is 5.69 Å². The van der Waals surface area contributed by atoms with Crippen molar-refractivity contribution >= 4 is 5.69 Å². The maximum Gasteiger partial charge on any atom is 0.0682 e. The zero-order valence-electron chi connectivity index (χ0n) is 11.5. The number of aliphatic hydroxyl groups is 1. The van der Waals surface area contributed by atoms with Crippen molar-refractivity contribution in [3.8, 4) is 0 Å². The number of rotatable bonds is 6. The van der Waals surface area contributed by atoms with Crippen LogP contribution < -0.4 is 5.32 Å². The second kappa shape index (κ2) is 6.06. The highest BCUT2D eigenvalue weighted by Gasteiger charge is 2.16. The Morgan fingerprint density at radius 3 is 2.29 bits per heavy atom. The Morgan fingerprint density at radius 1 is 1.12 bits per heavy atom. The Bertz CT molecular complexity index is 336. The van der Waals surface area contributed by atoms with Crippen LogP contribution in [-0.2, 0) is 13.0 Å². The molecule has 0 aromatic heterocycles. The molecule has 0 amide bonds. The highest BCUT2D eigenvalue weighted by molar-refractivity contribution is 5.50. The lowest BCUT2D eigenvalue weighted by atomic mass is 9.97. The zero-order valence-corrected chi connectivity index (χ0v) is 11.5. The zero-order chi connectivity index (χ0) is 12.9. The SMILES string of the molecule is CCCC(C)(C)Nc1cc(CC)cc(CO)c1. The number of benzene rings is 1. The highest BCUT2D eigenvalue weighted by atomic mass is 16.3. The van der Waals surface area contributed by atoms with Crippen molar-refractivity contribution in [2.45, 2.75) is 59.1 Å². The maximum absolute atomic E-state index is 9.26. The van der Waals surface area contributed by atoms with Gasteiger partial charge >= 0.3 is 0 Å². The van der Waals surface area contributed by atoms with Crippen LogP contribution in [0.1, 0.15) is 51.7 Å². The van der Waals surface area contributed by atoms with Gasteiger partial charge in [0.25, 0.3) is 0 Å². The molecule has 0 bridgehead atoms. The molecule has 17 heavy (non-hydrogen) atoms. The Balaban J connectivity index is 2.89. The topological polar surface area (TPSA) is 32.3 Å². The predicted molar refractivity (Wildman–Crippen MR) is 74.4 cm³/mol. The van der Waals surface area contributed by atoms with E-state index in [1.807, 2.05) is 6.07 Å². The summed E-state index contributed by atoms with van der Waals surface area (Å²) in [4.78, 5) is 0. The second-order valence-electron chi connectivity index (χ2n) is 5.31. The molecule has 0 atom stereocenters. The standard InChI is InChI=1S/C15H25NO/c1-5-7-15(3,4)16-14-9-12(6-2)8-13(10-14)11-17/h8-10,16-17H,5-7,11H2,1-4H3. The third-order valence-electron chi connectivity index (χ3n) is 3.00. The summed E-state index contributed by atoms with van der Waals surface area (Å²) in [5, 5.41) is 12.8. The Labute approximate surface area is 105 Å². The molecule has 0 heterocycles. The summed E-state index contributed by atoms with van der Waals surface area (Å²) in [7, 11) is 0. The highest BCUT2D eigenvalue weighted by Crippen LogP contribution is 2.22. The van der Waals surface area contributed by atoms with Crippen molar-refractivity contribution in [3.05, 3.63) is 29.3 Å². The van der Waals surface area contributed by atoms with E-state index in [0.717, 1.165) is 24.1 Å². The summed E-state index contributed by atoms with van der Waals surface area (Å²) in [6.07, 6.45) is 3.30. The molecule has 0 aliphatic carbocycles. The van der Waals surface area contributed by atoms with Crippen LogP contribution in [0.3, 0.4) is 0 Å². The quantitative estimate of drug-likeness (QED) is 0.787. The molecular weight excluding hydrogens is 210 g/mol. The molecule has 2 heteroatoms. The van der Waals surface area contributed by atoms with Crippen LogP contribution in [-0.4, -0.2) is 10.6 Å². The first-order valence-corrected chi connectivity index (χ1v) is 6.52. The van der Waals surface area contributed by atoms with Crippen molar-refractivity contribution in [3.63, 3.8) is 0 Å². The lowest BCUT2D eigenvalue weighted by Gasteiger charge is -2.27. The first-order valence-electron chi connectivity index (χ1n) is 6.52. The molecule has 0 radical (unpaired) electrons. The van der Waals surface area contributed by atoms with Gasteiger partial charge in [-0.25, -0.2) is 0 Å². The Morgan fingerprint density at radius 2 is 1.76 bits per heavy atom. The van der Waals surface area contributed by atoms with Crippen molar-refractivity contribution in [1.82, 2.24) is 0 Å². The first-order chi connectivity index (χ1) is 8.00. The van der Waals surface area contributed by atoms with Crippen LogP contribution in [0, 0.1) is 0 Å². The van der Waals surface area contributed by atoms with Crippen molar-refractivity contribution in [2.75, 3.05) is 5.32 Å². The fourth-order valence-electron chi connectivity index (χ4n) is 2.21. The van der Waals surface area contributed by atoms with E-state index in [9.17, 15) is 5.11 Å². The Hall–Kier alpha value is -1.02. The molecule has 0 saturated carbocycles. The fraction of sp³-hybridized carbons (Fsp3) is 0.600. The van der Waals surface area contributed by atoms with Gasteiger partial charge in [0.15, 0.2) is 0 Å². The van der Waals surface area contributed by atoms with Gasteiger partial charge < -0.3 is 10.4 Å². The summed E-state index contributed by atoms with van der Waals surface area (Å²) in [6.45, 7) is 8.88. The van der Waals surface area contributed by atoms with Crippen molar-refractivity contribution in [2.24, 2.45) is 0 Å². The second-order valence-corrected chi connectivity index (χ2v) is 5.31. The third-order valence-corrected chi connectivity index (χ3v) is 3.00. The summed E-state index contributed by atoms with van der Waals surface area (Å²) < 4.78 is 0. The molecule has 1 rings (SSSR count). The van der Waals surface area contributed by atoms with Crippen LogP contribution >= 0.6 is 0 Å². The summed E-state index contributed by atoms with van der Waals surface area (Å²) in [5.74, 6) is 0. The van der Waals surface area contributed by atoms with Crippen LogP contribution in [0.2, 0.25) is 0 Å². The fourth-order valence-corrected chi connectivity index (χ4v) is 2.21. The van der Waals surface area contributed by atoms with E-state index in [2.05, 4.69) is 45.1 Å². The minimum absolute atomic E-state index is 0.105. The molecule has 0 aliphatic rings. The largest absolute Gasteiger partial charge is 0.392 e. The van der Waals surface area contributed by atoms with Crippen LogP contribution in [0.5, 0.6) is 0 Å². The van der Waals surface area contributed by atoms with Gasteiger partial charge in [-0.15, -0.1) is 0 Å². The lowest BCUT2D eigenvalue weighted by Crippen LogP contribution is -2.30. The normalized spacial score (nSPS) is 11.6. The maximum atomic E-state index is 9.26. The molecular formula is C15H25NO. The Kier molecular flexibility index (Phi) is 5.01. The van der Waals surface area contributed by atoms with E-state index >= 15 is 0 Å². The number of hydrogen-bond acceptors (Lipinski definition) is 2. The lowest BCUT2D eigenvalue weighted by molar-refractivity contribution is 0.282. The van der Waals surface area contributed by atoms with Crippen LogP contribution in [0.15, 0.2) is 18.2 Å². The number of nitrogens with one attached hydrogen (secondary N) is 1. The summed E-state index contributed by atoms with van der Waals surface area (Å²) in [6, 6.07) is 6.28. The predicted octanol–water partition coefficient (Wildman–Crippen LogP) is 3.73. The van der Waals surface area contributed by atoms with Gasteiger partial charge in [0.05, 0.1) is 6.61 Å². The van der Waals surface area contributed by atoms with Crippen molar-refractivity contribution in [1.29, 1.82) is 0 Å². The molecule has 0 aliphatic heterocycles. The molecule has 0 spiro atoms. The van der Waals surface area contributed by atoms with Gasteiger partial charge in [-0.2, -0.15) is 0 Å². The molecule has 2 N–H and O–H groups in total. The third kappa shape index (κ3) is 4.39. The van der Waals surface area contributed by atoms with E-state index in [0.29, 0.717) is 0 Å². The van der Waals surface area contributed by atoms with E-state index in [1.165, 1.54) is 12.0 Å². The van der Waals surface area contributed by atoms with Gasteiger partial charge in [-0.1, -0.05) is 26.3 Å². The monoisotopic (exact) mass is 235 g/mol. The number of hydrogen-bond donors (Lipinski definition) is 2. The average molecular weight is 235 g/mol. The molecule has 0 fully saturated rings. The molecule has 0 unspecified atom stereocenters. The van der Waals surface area contributed by atoms with E-state index in [1.54, 1.807) is 0 Å². The number of aliphatic hydroxyl groups excluding tert-OH is 1. The van der Waals surface area contributed by atoms with Gasteiger partial charge in [-0.05, 0) is 49.9 Å².